The average molecular weight is 271 g/mol. The molecular weight excluding hydrogens is 251 g/mol. The van der Waals surface area contributed by atoms with Crippen LogP contribution in [0.2, 0.25) is 0 Å². The Bertz CT molecular complexity index is 269. The number of alkyl halides is 3. The minimum Gasteiger partial charge on any atom is -0.466 e. The van der Waals surface area contributed by atoms with E-state index in [1.54, 1.807) is 20.8 Å². The molecule has 0 heterocycles. The zero-order chi connectivity index (χ0) is 14.4. The highest BCUT2D eigenvalue weighted by molar-refractivity contribution is 5.77. The van der Waals surface area contributed by atoms with E-state index in [9.17, 15) is 18.0 Å². The van der Waals surface area contributed by atoms with Crippen molar-refractivity contribution in [2.24, 2.45) is 17.1 Å². The monoisotopic (exact) mass is 271 g/mol. The Hall–Kier alpha value is -0.820. The lowest BCUT2D eigenvalue weighted by atomic mass is 9.74. The van der Waals surface area contributed by atoms with Crippen LogP contribution in [0, 0.1) is 11.3 Å². The van der Waals surface area contributed by atoms with Gasteiger partial charge >= 0.3 is 12.3 Å². The van der Waals surface area contributed by atoms with Gasteiger partial charge in [-0.1, -0.05) is 13.8 Å². The van der Waals surface area contributed by atoms with Gasteiger partial charge in [0.1, 0.15) is 0 Å². The Morgan fingerprint density at radius 3 is 2.22 bits per heavy atom. The van der Waals surface area contributed by atoms with Crippen LogP contribution in [-0.2, 0) is 14.3 Å². The van der Waals surface area contributed by atoms with Crippen molar-refractivity contribution < 1.29 is 27.4 Å². The van der Waals surface area contributed by atoms with Gasteiger partial charge in [-0.05, 0) is 19.3 Å². The summed E-state index contributed by atoms with van der Waals surface area (Å²) in [5.41, 5.74) is 4.41. The number of hydrogen-bond acceptors (Lipinski definition) is 4. The number of esters is 1. The third-order valence-corrected chi connectivity index (χ3v) is 2.97. The van der Waals surface area contributed by atoms with Crippen molar-refractivity contribution in [3.05, 3.63) is 0 Å². The van der Waals surface area contributed by atoms with Crippen molar-refractivity contribution >= 4 is 5.97 Å². The van der Waals surface area contributed by atoms with Crippen LogP contribution in [0.25, 0.3) is 0 Å². The van der Waals surface area contributed by atoms with Gasteiger partial charge in [-0.15, -0.1) is 13.2 Å². The fourth-order valence-corrected chi connectivity index (χ4v) is 1.67. The number of rotatable bonds is 7. The molecule has 0 aliphatic carbocycles. The third kappa shape index (κ3) is 4.81. The summed E-state index contributed by atoms with van der Waals surface area (Å²) in [5, 5.41) is 0. The zero-order valence-corrected chi connectivity index (χ0v) is 10.8. The van der Waals surface area contributed by atoms with Gasteiger partial charge in [0.2, 0.25) is 0 Å². The average Bonchev–Trinajstić information content (AvgIpc) is 2.22. The number of halogens is 3. The van der Waals surface area contributed by atoms with Crippen molar-refractivity contribution in [1.29, 1.82) is 0 Å². The molecule has 0 saturated carbocycles. The normalized spacial score (nSPS) is 15.6. The maximum Gasteiger partial charge on any atom is 0.522 e. The first-order valence-electron chi connectivity index (χ1n) is 5.77. The van der Waals surface area contributed by atoms with Crippen LogP contribution in [-0.4, -0.2) is 32.1 Å². The van der Waals surface area contributed by atoms with E-state index in [4.69, 9.17) is 10.5 Å². The molecule has 18 heavy (non-hydrogen) atoms. The predicted molar refractivity (Wildman–Crippen MR) is 59.6 cm³/mol. The summed E-state index contributed by atoms with van der Waals surface area (Å²) in [6.07, 6.45) is -4.83. The molecule has 0 fully saturated rings. The van der Waals surface area contributed by atoms with Gasteiger partial charge < -0.3 is 10.5 Å². The molecule has 0 rings (SSSR count). The van der Waals surface area contributed by atoms with Gasteiger partial charge in [0.25, 0.3) is 0 Å². The second-order valence-electron chi connectivity index (χ2n) is 4.28. The number of hydrogen-bond donors (Lipinski definition) is 1. The molecule has 108 valence electrons. The van der Waals surface area contributed by atoms with E-state index in [1.165, 1.54) is 0 Å². The zero-order valence-electron chi connectivity index (χ0n) is 10.8. The molecule has 4 nitrogen and oxygen atoms in total. The molecule has 0 aliphatic heterocycles. The standard InChI is InChI=1S/C11H20F3NO3/c1-4-17-9(16)10(7-15,8(2)3)5-6-18-11(12,13)14/h8H,4-7,15H2,1-3H3. The summed E-state index contributed by atoms with van der Waals surface area (Å²) >= 11 is 0. The predicted octanol–water partition coefficient (Wildman–Crippen LogP) is 2.08. The quantitative estimate of drug-likeness (QED) is 0.720. The largest absolute Gasteiger partial charge is 0.522 e. The Morgan fingerprint density at radius 1 is 1.33 bits per heavy atom. The Labute approximate surface area is 105 Å². The summed E-state index contributed by atoms with van der Waals surface area (Å²) in [5.74, 6) is -0.813. The molecule has 0 amide bonds. The summed E-state index contributed by atoms with van der Waals surface area (Å²) in [7, 11) is 0. The Morgan fingerprint density at radius 2 is 1.89 bits per heavy atom. The smallest absolute Gasteiger partial charge is 0.466 e. The lowest BCUT2D eigenvalue weighted by Gasteiger charge is -2.33. The fraction of sp³-hybridized carbons (Fsp3) is 0.909. The lowest BCUT2D eigenvalue weighted by Crippen LogP contribution is -2.45. The highest BCUT2D eigenvalue weighted by Crippen LogP contribution is 2.33. The van der Waals surface area contributed by atoms with Crippen molar-refractivity contribution in [2.75, 3.05) is 19.8 Å². The highest BCUT2D eigenvalue weighted by atomic mass is 19.4. The first kappa shape index (κ1) is 17.2. The van der Waals surface area contributed by atoms with Gasteiger partial charge in [0, 0.05) is 6.54 Å². The summed E-state index contributed by atoms with van der Waals surface area (Å²) < 4.78 is 44.3. The Balaban J connectivity index is 4.72. The van der Waals surface area contributed by atoms with Crippen LogP contribution in [0.5, 0.6) is 0 Å². The first-order chi connectivity index (χ1) is 8.19. The van der Waals surface area contributed by atoms with E-state index in [1.807, 2.05) is 0 Å². The van der Waals surface area contributed by atoms with E-state index in [-0.39, 0.29) is 25.5 Å². The molecule has 7 heteroatoms. The molecule has 0 aromatic carbocycles. The fourth-order valence-electron chi connectivity index (χ4n) is 1.67. The van der Waals surface area contributed by atoms with Crippen LogP contribution in [0.15, 0.2) is 0 Å². The maximum atomic E-state index is 11.9. The minimum atomic E-state index is -4.70. The number of nitrogens with two attached hydrogens (primary N) is 1. The van der Waals surface area contributed by atoms with Crippen LogP contribution >= 0.6 is 0 Å². The number of ether oxygens (including phenoxy) is 2. The molecule has 0 aromatic rings. The number of carbonyl (C=O) groups excluding carboxylic acids is 1. The van der Waals surface area contributed by atoms with E-state index < -0.39 is 24.4 Å². The van der Waals surface area contributed by atoms with Crippen molar-refractivity contribution in [3.8, 4) is 0 Å². The molecule has 1 unspecified atom stereocenters. The van der Waals surface area contributed by atoms with Gasteiger partial charge in [-0.2, -0.15) is 0 Å². The van der Waals surface area contributed by atoms with E-state index in [0.29, 0.717) is 0 Å². The summed E-state index contributed by atoms with van der Waals surface area (Å²) in [6, 6.07) is 0. The molecule has 0 bridgehead atoms. The second kappa shape index (κ2) is 6.94. The van der Waals surface area contributed by atoms with Crippen LogP contribution in [0.1, 0.15) is 27.2 Å². The van der Waals surface area contributed by atoms with E-state index in [0.717, 1.165) is 0 Å². The molecule has 0 saturated heterocycles. The van der Waals surface area contributed by atoms with E-state index in [2.05, 4.69) is 4.74 Å². The van der Waals surface area contributed by atoms with Gasteiger partial charge in [-0.3, -0.25) is 9.53 Å². The Kier molecular flexibility index (Phi) is 6.62. The third-order valence-electron chi connectivity index (χ3n) is 2.97. The van der Waals surface area contributed by atoms with Crippen LogP contribution in [0.3, 0.4) is 0 Å². The summed E-state index contributed by atoms with van der Waals surface area (Å²) in [4.78, 5) is 11.9. The lowest BCUT2D eigenvalue weighted by molar-refractivity contribution is -0.326. The van der Waals surface area contributed by atoms with Crippen molar-refractivity contribution in [1.82, 2.24) is 0 Å². The molecule has 0 aromatic heterocycles. The van der Waals surface area contributed by atoms with Crippen molar-refractivity contribution in [2.45, 2.75) is 33.6 Å². The molecule has 0 aliphatic rings. The topological polar surface area (TPSA) is 61.5 Å². The van der Waals surface area contributed by atoms with Crippen LogP contribution in [0.4, 0.5) is 13.2 Å². The SMILES string of the molecule is CCOC(=O)C(CN)(CCOC(F)(F)F)C(C)C. The minimum absolute atomic E-state index is 0.0787. The van der Waals surface area contributed by atoms with Gasteiger partial charge in [0.05, 0.1) is 18.6 Å². The van der Waals surface area contributed by atoms with Gasteiger partial charge in [-0.25, -0.2) is 0 Å². The highest BCUT2D eigenvalue weighted by Gasteiger charge is 2.42. The molecular formula is C11H20F3NO3. The second-order valence-corrected chi connectivity index (χ2v) is 4.28. The molecule has 0 spiro atoms. The molecule has 2 N–H and O–H groups in total. The summed E-state index contributed by atoms with van der Waals surface area (Å²) in [6.45, 7) is 4.54. The first-order valence-corrected chi connectivity index (χ1v) is 5.77. The van der Waals surface area contributed by atoms with E-state index >= 15 is 0 Å². The molecule has 0 radical (unpaired) electrons. The molecule has 1 atom stereocenters. The maximum absolute atomic E-state index is 11.9. The van der Waals surface area contributed by atoms with Crippen LogP contribution < -0.4 is 5.73 Å². The van der Waals surface area contributed by atoms with Gasteiger partial charge in [0.15, 0.2) is 0 Å². The number of carbonyl (C=O) groups is 1. The van der Waals surface area contributed by atoms with Crippen molar-refractivity contribution in [3.63, 3.8) is 0 Å².